The number of carbonyl (C=O) groups excluding carboxylic acids is 1. The van der Waals surface area contributed by atoms with Crippen molar-refractivity contribution < 1.29 is 4.79 Å². The SMILES string of the molecule is CCC(NC(=O)c1csc(CN)n1)c1cccc(Cl)c1. The van der Waals surface area contributed by atoms with Gasteiger partial charge in [0.1, 0.15) is 10.7 Å². The molecular weight excluding hydrogens is 294 g/mol. The van der Waals surface area contributed by atoms with Crippen molar-refractivity contribution >= 4 is 28.8 Å². The van der Waals surface area contributed by atoms with Gasteiger partial charge in [0.25, 0.3) is 5.91 Å². The normalized spacial score (nSPS) is 12.2. The molecule has 1 unspecified atom stereocenters. The second-order valence-corrected chi connectivity index (χ2v) is 5.70. The van der Waals surface area contributed by atoms with Crippen molar-refractivity contribution in [1.29, 1.82) is 0 Å². The molecule has 0 aliphatic rings. The summed E-state index contributed by atoms with van der Waals surface area (Å²) < 4.78 is 0. The maximum absolute atomic E-state index is 12.2. The third-order valence-corrected chi connectivity index (χ3v) is 4.03. The Balaban J connectivity index is 2.11. The van der Waals surface area contributed by atoms with Crippen LogP contribution in [0, 0.1) is 0 Å². The maximum Gasteiger partial charge on any atom is 0.271 e. The van der Waals surface area contributed by atoms with Gasteiger partial charge in [0.05, 0.1) is 6.04 Å². The number of benzene rings is 1. The number of halogens is 1. The number of aromatic nitrogens is 1. The number of rotatable bonds is 5. The lowest BCUT2D eigenvalue weighted by atomic mass is 10.0. The number of carbonyl (C=O) groups is 1. The second kappa shape index (κ2) is 6.83. The van der Waals surface area contributed by atoms with Gasteiger partial charge in [-0.15, -0.1) is 11.3 Å². The van der Waals surface area contributed by atoms with E-state index in [2.05, 4.69) is 10.3 Å². The van der Waals surface area contributed by atoms with Gasteiger partial charge in [-0.05, 0) is 24.1 Å². The van der Waals surface area contributed by atoms with Gasteiger partial charge in [0.15, 0.2) is 0 Å². The number of nitrogens with two attached hydrogens (primary N) is 1. The van der Waals surface area contributed by atoms with Crippen molar-refractivity contribution in [3.05, 3.63) is 50.9 Å². The zero-order chi connectivity index (χ0) is 14.5. The average Bonchev–Trinajstić information content (AvgIpc) is 2.93. The first-order chi connectivity index (χ1) is 9.63. The van der Waals surface area contributed by atoms with Gasteiger partial charge >= 0.3 is 0 Å². The monoisotopic (exact) mass is 309 g/mol. The molecule has 1 heterocycles. The summed E-state index contributed by atoms with van der Waals surface area (Å²) in [5, 5.41) is 6.11. The Kier molecular flexibility index (Phi) is 5.11. The third kappa shape index (κ3) is 3.56. The van der Waals surface area contributed by atoms with E-state index in [0.717, 1.165) is 17.0 Å². The van der Waals surface area contributed by atoms with E-state index in [9.17, 15) is 4.79 Å². The molecule has 2 aromatic rings. The summed E-state index contributed by atoms with van der Waals surface area (Å²) in [4.78, 5) is 16.3. The van der Waals surface area contributed by atoms with Crippen molar-refractivity contribution in [1.82, 2.24) is 10.3 Å². The van der Waals surface area contributed by atoms with Crippen LogP contribution in [0.1, 0.15) is 40.4 Å². The largest absolute Gasteiger partial charge is 0.344 e. The predicted octanol–water partition coefficient (Wildman–Crippen LogP) is 3.14. The Bertz CT molecular complexity index is 600. The van der Waals surface area contributed by atoms with E-state index in [1.165, 1.54) is 11.3 Å². The van der Waals surface area contributed by atoms with Crippen LogP contribution >= 0.6 is 22.9 Å². The molecule has 4 nitrogen and oxygen atoms in total. The van der Waals surface area contributed by atoms with Crippen molar-refractivity contribution in [2.75, 3.05) is 0 Å². The van der Waals surface area contributed by atoms with Crippen LogP contribution in [0.2, 0.25) is 5.02 Å². The van der Waals surface area contributed by atoms with Crippen LogP contribution in [0.15, 0.2) is 29.6 Å². The molecule has 1 aromatic heterocycles. The standard InChI is InChI=1S/C14H16ClN3OS/c1-2-11(9-4-3-5-10(15)6-9)18-14(19)12-8-20-13(7-16)17-12/h3-6,8,11H,2,7,16H2,1H3,(H,18,19). The van der Waals surface area contributed by atoms with Crippen LogP contribution in [-0.2, 0) is 6.54 Å². The van der Waals surface area contributed by atoms with Crippen molar-refractivity contribution in [2.24, 2.45) is 5.73 Å². The number of nitrogens with zero attached hydrogens (tertiary/aromatic N) is 1. The van der Waals surface area contributed by atoms with E-state index in [1.807, 2.05) is 31.2 Å². The summed E-state index contributed by atoms with van der Waals surface area (Å²) in [6, 6.07) is 7.42. The van der Waals surface area contributed by atoms with Gasteiger partial charge < -0.3 is 11.1 Å². The molecule has 0 aliphatic heterocycles. The first kappa shape index (κ1) is 15.0. The molecule has 0 spiro atoms. The lowest BCUT2D eigenvalue weighted by Crippen LogP contribution is -2.28. The molecule has 6 heteroatoms. The van der Waals surface area contributed by atoms with Crippen LogP contribution < -0.4 is 11.1 Å². The molecule has 1 aromatic carbocycles. The quantitative estimate of drug-likeness (QED) is 0.891. The first-order valence-corrected chi connectivity index (χ1v) is 7.60. The van der Waals surface area contributed by atoms with Crippen LogP contribution in [-0.4, -0.2) is 10.9 Å². The zero-order valence-electron chi connectivity index (χ0n) is 11.1. The van der Waals surface area contributed by atoms with E-state index in [-0.39, 0.29) is 11.9 Å². The first-order valence-electron chi connectivity index (χ1n) is 6.34. The topological polar surface area (TPSA) is 68.0 Å². The maximum atomic E-state index is 12.2. The molecule has 0 bridgehead atoms. The van der Waals surface area contributed by atoms with Gasteiger partial charge in [-0.25, -0.2) is 4.98 Å². The minimum absolute atomic E-state index is 0.0794. The highest BCUT2D eigenvalue weighted by Crippen LogP contribution is 2.21. The van der Waals surface area contributed by atoms with Gasteiger partial charge in [-0.2, -0.15) is 0 Å². The van der Waals surface area contributed by atoms with Crippen LogP contribution in [0.3, 0.4) is 0 Å². The van der Waals surface area contributed by atoms with Gasteiger partial charge in [0, 0.05) is 16.9 Å². The van der Waals surface area contributed by atoms with Crippen LogP contribution in [0.5, 0.6) is 0 Å². The van der Waals surface area contributed by atoms with E-state index in [4.69, 9.17) is 17.3 Å². The number of hydrogen-bond acceptors (Lipinski definition) is 4. The second-order valence-electron chi connectivity index (χ2n) is 4.32. The predicted molar refractivity (Wildman–Crippen MR) is 82.0 cm³/mol. The molecule has 1 atom stereocenters. The number of nitrogens with one attached hydrogen (secondary N) is 1. The molecule has 0 fully saturated rings. The lowest BCUT2D eigenvalue weighted by molar-refractivity contribution is 0.0931. The summed E-state index contributed by atoms with van der Waals surface area (Å²) in [5.41, 5.74) is 6.90. The Morgan fingerprint density at radius 3 is 2.95 bits per heavy atom. The highest BCUT2D eigenvalue weighted by molar-refractivity contribution is 7.09. The molecule has 0 aliphatic carbocycles. The fourth-order valence-electron chi connectivity index (χ4n) is 1.89. The van der Waals surface area contributed by atoms with E-state index >= 15 is 0 Å². The van der Waals surface area contributed by atoms with Crippen LogP contribution in [0.4, 0.5) is 0 Å². The van der Waals surface area contributed by atoms with Crippen molar-refractivity contribution in [3.63, 3.8) is 0 Å². The summed E-state index contributed by atoms with van der Waals surface area (Å²) in [7, 11) is 0. The number of hydrogen-bond donors (Lipinski definition) is 2. The van der Waals surface area contributed by atoms with Crippen molar-refractivity contribution in [3.8, 4) is 0 Å². The van der Waals surface area contributed by atoms with Gasteiger partial charge in [0.2, 0.25) is 0 Å². The van der Waals surface area contributed by atoms with Crippen molar-refractivity contribution in [2.45, 2.75) is 25.9 Å². The summed E-state index contributed by atoms with van der Waals surface area (Å²) in [5.74, 6) is -0.187. The van der Waals surface area contributed by atoms with Gasteiger partial charge in [-0.3, -0.25) is 4.79 Å². The Morgan fingerprint density at radius 2 is 2.35 bits per heavy atom. The summed E-state index contributed by atoms with van der Waals surface area (Å²) in [6.07, 6.45) is 0.778. The van der Waals surface area contributed by atoms with E-state index in [0.29, 0.717) is 17.3 Å². The van der Waals surface area contributed by atoms with E-state index < -0.39 is 0 Å². The highest BCUT2D eigenvalue weighted by Gasteiger charge is 2.16. The molecule has 1 amide bonds. The zero-order valence-corrected chi connectivity index (χ0v) is 12.7. The Hall–Kier alpha value is -1.43. The Labute approximate surface area is 127 Å². The summed E-state index contributed by atoms with van der Waals surface area (Å²) >= 11 is 7.38. The Morgan fingerprint density at radius 1 is 1.55 bits per heavy atom. The minimum Gasteiger partial charge on any atom is -0.344 e. The molecule has 3 N–H and O–H groups in total. The molecule has 0 radical (unpaired) electrons. The van der Waals surface area contributed by atoms with Crippen LogP contribution in [0.25, 0.3) is 0 Å². The molecule has 106 valence electrons. The fourth-order valence-corrected chi connectivity index (χ4v) is 2.74. The summed E-state index contributed by atoms with van der Waals surface area (Å²) in [6.45, 7) is 2.36. The average molecular weight is 310 g/mol. The third-order valence-electron chi connectivity index (χ3n) is 2.92. The molecular formula is C14H16ClN3OS. The molecule has 0 saturated carbocycles. The smallest absolute Gasteiger partial charge is 0.271 e. The number of thiazole rings is 1. The van der Waals surface area contributed by atoms with E-state index in [1.54, 1.807) is 5.38 Å². The fraction of sp³-hybridized carbons (Fsp3) is 0.286. The highest BCUT2D eigenvalue weighted by atomic mass is 35.5. The molecule has 20 heavy (non-hydrogen) atoms. The molecule has 0 saturated heterocycles. The minimum atomic E-state index is -0.187. The number of amides is 1. The molecule has 2 rings (SSSR count). The lowest BCUT2D eigenvalue weighted by Gasteiger charge is -2.17. The van der Waals surface area contributed by atoms with Gasteiger partial charge in [-0.1, -0.05) is 30.7 Å².